The molecule has 2 saturated heterocycles. The van der Waals surface area contributed by atoms with E-state index in [4.69, 9.17) is 9.47 Å². The summed E-state index contributed by atoms with van der Waals surface area (Å²) >= 11 is 0. The lowest BCUT2D eigenvalue weighted by molar-refractivity contribution is -0.0312. The summed E-state index contributed by atoms with van der Waals surface area (Å²) in [7, 11) is -6.96. The number of fused-ring (bicyclic) bond motifs is 1. The fraction of sp³-hybridized carbons (Fsp3) is 0.519. The van der Waals surface area contributed by atoms with Gasteiger partial charge in [0.25, 0.3) is 0 Å². The molecule has 1 saturated carbocycles. The molecule has 1 spiro atoms. The van der Waals surface area contributed by atoms with Gasteiger partial charge in [0.1, 0.15) is 29.0 Å². The van der Waals surface area contributed by atoms with Gasteiger partial charge in [0.15, 0.2) is 9.84 Å². The van der Waals surface area contributed by atoms with Crippen LogP contribution in [0, 0.1) is 0 Å². The van der Waals surface area contributed by atoms with Gasteiger partial charge in [0, 0.05) is 43.5 Å². The molecule has 3 N–H and O–H groups in total. The summed E-state index contributed by atoms with van der Waals surface area (Å²) in [6.07, 6.45) is 5.65. The zero-order valence-electron chi connectivity index (χ0n) is 22.0. The van der Waals surface area contributed by atoms with E-state index in [1.54, 1.807) is 36.5 Å². The van der Waals surface area contributed by atoms with Crippen molar-refractivity contribution in [1.82, 2.24) is 19.6 Å². The smallest absolute Gasteiger partial charge is 0.245 e. The van der Waals surface area contributed by atoms with Crippen LogP contribution in [0.3, 0.4) is 0 Å². The Bertz CT molecular complexity index is 1580. The first kappa shape index (κ1) is 27.6. The second kappa shape index (κ2) is 10.7. The first-order valence-electron chi connectivity index (χ1n) is 13.6. The van der Waals surface area contributed by atoms with Crippen molar-refractivity contribution in [2.75, 3.05) is 32.8 Å². The second-order valence-corrected chi connectivity index (χ2v) is 15.1. The van der Waals surface area contributed by atoms with Crippen molar-refractivity contribution in [3.05, 3.63) is 48.8 Å². The van der Waals surface area contributed by atoms with Crippen LogP contribution >= 0.6 is 0 Å². The predicted octanol–water partition coefficient (Wildman–Crippen LogP) is 1.84. The number of piperidine rings is 1. The van der Waals surface area contributed by atoms with E-state index in [9.17, 15) is 21.9 Å². The second-order valence-electron chi connectivity index (χ2n) is 10.9. The average molecular weight is 591 g/mol. The molecule has 2 aliphatic heterocycles. The summed E-state index contributed by atoms with van der Waals surface area (Å²) in [6.45, 7) is 1.53. The molecule has 216 valence electrons. The van der Waals surface area contributed by atoms with E-state index in [1.165, 1.54) is 16.6 Å². The summed E-state index contributed by atoms with van der Waals surface area (Å²) in [5, 5.41) is 14.1. The molecule has 13 heteroatoms. The van der Waals surface area contributed by atoms with Gasteiger partial charge in [0.2, 0.25) is 10.0 Å². The summed E-state index contributed by atoms with van der Waals surface area (Å²) in [5.74, 6) is 0.412. The number of aromatic amines is 1. The molecule has 0 amide bonds. The number of rotatable bonds is 10. The largest absolute Gasteiger partial charge is 0.491 e. The maximum atomic E-state index is 13.3. The minimum Gasteiger partial charge on any atom is -0.491 e. The van der Waals surface area contributed by atoms with Crippen molar-refractivity contribution in [2.24, 2.45) is 0 Å². The maximum Gasteiger partial charge on any atom is 0.245 e. The number of pyridine rings is 1. The van der Waals surface area contributed by atoms with Gasteiger partial charge in [-0.2, -0.15) is 4.31 Å². The number of nitrogens with one attached hydrogen (secondary N) is 2. The Morgan fingerprint density at radius 1 is 1.18 bits per heavy atom. The number of benzene rings is 1. The van der Waals surface area contributed by atoms with Gasteiger partial charge in [0.05, 0.1) is 22.4 Å². The van der Waals surface area contributed by atoms with Crippen molar-refractivity contribution in [1.29, 1.82) is 0 Å². The highest BCUT2D eigenvalue weighted by molar-refractivity contribution is 7.92. The molecule has 6 rings (SSSR count). The molecule has 40 heavy (non-hydrogen) atoms. The normalized spacial score (nSPS) is 22.6. The molecule has 2 unspecified atom stereocenters. The van der Waals surface area contributed by atoms with Gasteiger partial charge in [-0.15, -0.1) is 0 Å². The number of sulfone groups is 1. The first-order chi connectivity index (χ1) is 19.2. The third kappa shape index (κ3) is 5.50. The summed E-state index contributed by atoms with van der Waals surface area (Å²) in [4.78, 5) is 7.63. The number of sulfonamides is 1. The van der Waals surface area contributed by atoms with E-state index in [0.29, 0.717) is 68.7 Å². The van der Waals surface area contributed by atoms with Crippen LogP contribution < -0.4 is 10.1 Å². The average Bonchev–Trinajstić information content (AvgIpc) is 3.62. The number of nitrogens with zero attached hydrogens (tertiary/aromatic N) is 2. The Morgan fingerprint density at radius 2 is 1.98 bits per heavy atom. The van der Waals surface area contributed by atoms with Gasteiger partial charge >= 0.3 is 0 Å². The SMILES string of the molecule is O=S(=O)(c1cccc(OCC(O)CNC2COC3(CCN(S(=O)(=O)c4c[nH]c5ncccc45)CC3)C2)c1)C1CC1. The molecule has 3 fully saturated rings. The van der Waals surface area contributed by atoms with Crippen LogP contribution in [0.4, 0.5) is 0 Å². The zero-order chi connectivity index (χ0) is 28.0. The fourth-order valence-electron chi connectivity index (χ4n) is 5.61. The van der Waals surface area contributed by atoms with Crippen molar-refractivity contribution < 1.29 is 31.4 Å². The van der Waals surface area contributed by atoms with Gasteiger partial charge in [-0.05, 0) is 62.4 Å². The van der Waals surface area contributed by atoms with Crippen LogP contribution in [0.1, 0.15) is 32.1 Å². The highest BCUT2D eigenvalue weighted by Crippen LogP contribution is 2.38. The highest BCUT2D eigenvalue weighted by Gasteiger charge is 2.45. The molecule has 0 radical (unpaired) electrons. The highest BCUT2D eigenvalue weighted by atomic mass is 32.2. The van der Waals surface area contributed by atoms with E-state index >= 15 is 0 Å². The number of hydrogen-bond acceptors (Lipinski definition) is 9. The molecule has 4 heterocycles. The van der Waals surface area contributed by atoms with Crippen LogP contribution in [0.2, 0.25) is 0 Å². The molecule has 2 atom stereocenters. The summed E-state index contributed by atoms with van der Waals surface area (Å²) in [5.41, 5.74) is 0.158. The van der Waals surface area contributed by atoms with E-state index < -0.39 is 26.0 Å². The molecule has 1 aromatic carbocycles. The lowest BCUT2D eigenvalue weighted by Gasteiger charge is -2.37. The summed E-state index contributed by atoms with van der Waals surface area (Å²) < 4.78 is 65.0. The topological polar surface area (TPSA) is 151 Å². The molecule has 0 bridgehead atoms. The van der Waals surface area contributed by atoms with Crippen LogP contribution in [-0.4, -0.2) is 92.1 Å². The standard InChI is InChI=1S/C27H34N4O7S2/c32-20(18-37-21-3-1-4-23(13-21)39(33,34)22-6-7-22)15-29-19-14-27(38-17-19)8-11-31(12-9-27)40(35,36)25-16-30-26-24(25)5-2-10-28-26/h1-5,10,13,16,19-20,22,29,32H,6-9,11-12,14-15,17-18H2,(H,28,30). The fourth-order valence-corrected chi connectivity index (χ4v) is 8.89. The van der Waals surface area contributed by atoms with Gasteiger partial charge in [-0.1, -0.05) is 6.07 Å². The number of aliphatic hydroxyl groups excluding tert-OH is 1. The number of hydrogen-bond donors (Lipinski definition) is 3. The van der Waals surface area contributed by atoms with E-state index in [1.807, 2.05) is 0 Å². The minimum atomic E-state index is -3.66. The molecule has 11 nitrogen and oxygen atoms in total. The van der Waals surface area contributed by atoms with E-state index in [-0.39, 0.29) is 33.3 Å². The molecular weight excluding hydrogens is 556 g/mol. The monoisotopic (exact) mass is 590 g/mol. The Kier molecular flexibility index (Phi) is 7.38. The predicted molar refractivity (Wildman–Crippen MR) is 147 cm³/mol. The number of ether oxygens (including phenoxy) is 2. The van der Waals surface area contributed by atoms with Crippen LogP contribution in [0.25, 0.3) is 11.0 Å². The molecule has 1 aliphatic carbocycles. The third-order valence-electron chi connectivity index (χ3n) is 8.06. The lowest BCUT2D eigenvalue weighted by Crippen LogP contribution is -2.47. The van der Waals surface area contributed by atoms with Crippen LogP contribution in [0.15, 0.2) is 58.6 Å². The maximum absolute atomic E-state index is 13.3. The Labute approximate surface area is 233 Å². The van der Waals surface area contributed by atoms with Gasteiger partial charge in [-0.3, -0.25) is 0 Å². The molecule has 3 aromatic rings. The summed E-state index contributed by atoms with van der Waals surface area (Å²) in [6, 6.07) is 9.94. The minimum absolute atomic E-state index is 0.0226. The Balaban J connectivity index is 0.972. The van der Waals surface area contributed by atoms with Crippen molar-refractivity contribution in [3.8, 4) is 5.75 Å². The number of aliphatic hydroxyl groups is 1. The van der Waals surface area contributed by atoms with Crippen molar-refractivity contribution in [2.45, 2.75) is 64.9 Å². The molecular formula is C27H34N4O7S2. The van der Waals surface area contributed by atoms with Gasteiger partial charge in [-0.25, -0.2) is 21.8 Å². The number of H-pyrrole nitrogens is 1. The first-order valence-corrected chi connectivity index (χ1v) is 16.6. The van der Waals surface area contributed by atoms with Crippen molar-refractivity contribution in [3.63, 3.8) is 0 Å². The quantitative estimate of drug-likeness (QED) is 0.321. The molecule has 3 aliphatic rings. The van der Waals surface area contributed by atoms with Crippen LogP contribution in [0.5, 0.6) is 5.75 Å². The van der Waals surface area contributed by atoms with Crippen molar-refractivity contribution >= 4 is 30.9 Å². The van der Waals surface area contributed by atoms with E-state index in [2.05, 4.69) is 15.3 Å². The Morgan fingerprint density at radius 3 is 2.75 bits per heavy atom. The lowest BCUT2D eigenvalue weighted by atomic mass is 9.88. The molecule has 2 aromatic heterocycles. The Hall–Kier alpha value is -2.55. The zero-order valence-corrected chi connectivity index (χ0v) is 23.7. The van der Waals surface area contributed by atoms with Crippen LogP contribution in [-0.2, 0) is 24.6 Å². The van der Waals surface area contributed by atoms with Gasteiger partial charge < -0.3 is 24.9 Å². The number of aromatic nitrogens is 2. The third-order valence-corrected chi connectivity index (χ3v) is 12.3. The van der Waals surface area contributed by atoms with E-state index in [0.717, 1.165) is 6.42 Å².